The lowest BCUT2D eigenvalue weighted by Crippen LogP contribution is -2.84. The van der Waals surface area contributed by atoms with Crippen molar-refractivity contribution in [1.82, 2.24) is 0 Å². The van der Waals surface area contributed by atoms with Crippen LogP contribution in [0.5, 0.6) is 0 Å². The Morgan fingerprint density at radius 1 is 1.10 bits per heavy atom. The van der Waals surface area contributed by atoms with Gasteiger partial charge in [-0.15, -0.1) is 11.6 Å². The molecule has 0 radical (unpaired) electrons. The summed E-state index contributed by atoms with van der Waals surface area (Å²) in [7, 11) is 0. The smallest absolute Gasteiger partial charge is 0.0755 e. The van der Waals surface area contributed by atoms with Gasteiger partial charge in [0.15, 0.2) is 0 Å². The average Bonchev–Trinajstić information content (AvgIpc) is 1.97. The Bertz CT molecular complexity index is 49.2. The van der Waals surface area contributed by atoms with Crippen molar-refractivity contribution in [1.29, 1.82) is 0 Å². The second-order valence-electron chi connectivity index (χ2n) is 2.62. The van der Waals surface area contributed by atoms with Gasteiger partial charge in [0.1, 0.15) is 0 Å². The summed E-state index contributed by atoms with van der Waals surface area (Å²) < 4.78 is 0. The third kappa shape index (κ3) is 8.25. The minimum Gasteiger partial charge on any atom is -0.346 e. The van der Waals surface area contributed by atoms with E-state index in [9.17, 15) is 0 Å². The normalized spacial score (nSPS) is 10.2. The Morgan fingerprint density at radius 3 is 2.40 bits per heavy atom. The molecule has 10 heavy (non-hydrogen) atoms. The van der Waals surface area contributed by atoms with E-state index >= 15 is 0 Å². The highest BCUT2D eigenvalue weighted by Gasteiger charge is 1.89. The predicted octanol–water partition coefficient (Wildman–Crippen LogP) is 1.37. The van der Waals surface area contributed by atoms with Gasteiger partial charge in [-0.2, -0.15) is 0 Å². The molecule has 0 unspecified atom stereocenters. The first-order chi connectivity index (χ1) is 4.91. The molecule has 0 spiro atoms. The van der Waals surface area contributed by atoms with E-state index in [2.05, 4.69) is 12.2 Å². The van der Waals surface area contributed by atoms with Crippen LogP contribution < -0.4 is 5.32 Å². The largest absolute Gasteiger partial charge is 0.346 e. The maximum absolute atomic E-state index is 5.53. The van der Waals surface area contributed by atoms with Gasteiger partial charge in [0, 0.05) is 5.88 Å². The lowest BCUT2D eigenvalue weighted by Gasteiger charge is -1.97. The van der Waals surface area contributed by atoms with Crippen LogP contribution in [0.15, 0.2) is 0 Å². The van der Waals surface area contributed by atoms with Crippen LogP contribution in [0.1, 0.15) is 32.6 Å². The van der Waals surface area contributed by atoms with E-state index in [1.165, 1.54) is 38.8 Å². The molecular weight excluding hydrogens is 146 g/mol. The van der Waals surface area contributed by atoms with Crippen molar-refractivity contribution in [2.45, 2.75) is 32.6 Å². The fraction of sp³-hybridized carbons (Fsp3) is 1.00. The fourth-order valence-corrected chi connectivity index (χ4v) is 1.06. The van der Waals surface area contributed by atoms with Crippen molar-refractivity contribution in [2.24, 2.45) is 0 Å². The Kier molecular flexibility index (Phi) is 9.48. The van der Waals surface area contributed by atoms with Crippen LogP contribution in [0.25, 0.3) is 0 Å². The van der Waals surface area contributed by atoms with Gasteiger partial charge in [0.25, 0.3) is 0 Å². The predicted molar refractivity (Wildman–Crippen MR) is 46.5 cm³/mol. The molecule has 0 aliphatic carbocycles. The SMILES string of the molecule is CCCC[NH2+]CCCCCl. The molecule has 0 rings (SSSR count). The Hall–Kier alpha value is 0.250. The highest BCUT2D eigenvalue weighted by molar-refractivity contribution is 6.17. The number of hydrogen-bond acceptors (Lipinski definition) is 0. The lowest BCUT2D eigenvalue weighted by atomic mass is 10.3. The highest BCUT2D eigenvalue weighted by Crippen LogP contribution is 1.87. The van der Waals surface area contributed by atoms with Crippen molar-refractivity contribution in [2.75, 3.05) is 19.0 Å². The molecule has 0 aliphatic heterocycles. The van der Waals surface area contributed by atoms with Crippen LogP contribution in [0, 0.1) is 0 Å². The summed E-state index contributed by atoms with van der Waals surface area (Å²) in [6, 6.07) is 0. The van der Waals surface area contributed by atoms with Crippen molar-refractivity contribution < 1.29 is 5.32 Å². The van der Waals surface area contributed by atoms with Gasteiger partial charge >= 0.3 is 0 Å². The van der Waals surface area contributed by atoms with Crippen molar-refractivity contribution in [3.63, 3.8) is 0 Å². The molecule has 0 saturated heterocycles. The molecular formula is C8H19ClN+. The molecule has 2 N–H and O–H groups in total. The third-order valence-electron chi connectivity index (χ3n) is 1.55. The molecule has 0 heterocycles. The first kappa shape index (κ1) is 10.2. The summed E-state index contributed by atoms with van der Waals surface area (Å²) in [6.07, 6.45) is 5.10. The molecule has 0 amide bonds. The van der Waals surface area contributed by atoms with Crippen molar-refractivity contribution in [3.8, 4) is 0 Å². The van der Waals surface area contributed by atoms with E-state index in [4.69, 9.17) is 11.6 Å². The maximum atomic E-state index is 5.53. The Balaban J connectivity index is 2.65. The van der Waals surface area contributed by atoms with Gasteiger partial charge in [-0.1, -0.05) is 13.3 Å². The second-order valence-corrected chi connectivity index (χ2v) is 2.99. The van der Waals surface area contributed by atoms with Crippen LogP contribution in [0.3, 0.4) is 0 Å². The monoisotopic (exact) mass is 164 g/mol. The summed E-state index contributed by atoms with van der Waals surface area (Å²) in [5.41, 5.74) is 0. The zero-order valence-corrected chi connectivity index (χ0v) is 7.66. The molecule has 0 atom stereocenters. The maximum Gasteiger partial charge on any atom is 0.0755 e. The summed E-state index contributed by atoms with van der Waals surface area (Å²) in [5.74, 6) is 0.821. The molecule has 0 bridgehead atoms. The van der Waals surface area contributed by atoms with Crippen LogP contribution in [-0.2, 0) is 0 Å². The first-order valence-electron chi connectivity index (χ1n) is 4.29. The first-order valence-corrected chi connectivity index (χ1v) is 4.83. The summed E-state index contributed by atoms with van der Waals surface area (Å²) in [5, 5.41) is 2.38. The number of halogens is 1. The van der Waals surface area contributed by atoms with Crippen molar-refractivity contribution in [3.05, 3.63) is 0 Å². The number of nitrogens with two attached hydrogens (primary N) is 1. The number of rotatable bonds is 7. The number of unbranched alkanes of at least 4 members (excludes halogenated alkanes) is 2. The van der Waals surface area contributed by atoms with E-state index in [1.807, 2.05) is 0 Å². The molecule has 0 saturated carbocycles. The van der Waals surface area contributed by atoms with E-state index in [-0.39, 0.29) is 0 Å². The van der Waals surface area contributed by atoms with E-state index < -0.39 is 0 Å². The second kappa shape index (κ2) is 9.25. The van der Waals surface area contributed by atoms with E-state index in [0.717, 1.165) is 5.88 Å². The van der Waals surface area contributed by atoms with Crippen LogP contribution in [0.4, 0.5) is 0 Å². The van der Waals surface area contributed by atoms with Crippen LogP contribution in [-0.4, -0.2) is 19.0 Å². The summed E-state index contributed by atoms with van der Waals surface area (Å²) in [4.78, 5) is 0. The molecule has 0 aliphatic rings. The topological polar surface area (TPSA) is 16.6 Å². The molecule has 0 aromatic rings. The molecule has 0 fully saturated rings. The number of hydrogen-bond donors (Lipinski definition) is 1. The van der Waals surface area contributed by atoms with Gasteiger partial charge in [-0.3, -0.25) is 0 Å². The Labute approximate surface area is 69.1 Å². The van der Waals surface area contributed by atoms with Crippen LogP contribution in [0.2, 0.25) is 0 Å². The van der Waals surface area contributed by atoms with E-state index in [0.29, 0.717) is 0 Å². The van der Waals surface area contributed by atoms with Gasteiger partial charge in [-0.05, 0) is 19.3 Å². The number of quaternary nitrogens is 1. The standard InChI is InChI=1S/C8H18ClN/c1-2-3-7-10-8-5-4-6-9/h10H,2-8H2,1H3/p+1. The van der Waals surface area contributed by atoms with Crippen molar-refractivity contribution >= 4 is 11.6 Å². The quantitative estimate of drug-likeness (QED) is 0.433. The molecule has 1 nitrogen and oxygen atoms in total. The molecule has 0 aromatic carbocycles. The van der Waals surface area contributed by atoms with Gasteiger partial charge in [0.05, 0.1) is 13.1 Å². The van der Waals surface area contributed by atoms with Gasteiger partial charge in [-0.25, -0.2) is 0 Å². The minimum absolute atomic E-state index is 0.821. The zero-order valence-electron chi connectivity index (χ0n) is 6.91. The summed E-state index contributed by atoms with van der Waals surface area (Å²) >= 11 is 5.53. The molecule has 2 heteroatoms. The molecule has 0 aromatic heterocycles. The third-order valence-corrected chi connectivity index (χ3v) is 1.82. The van der Waals surface area contributed by atoms with Gasteiger partial charge in [0.2, 0.25) is 0 Å². The fourth-order valence-electron chi connectivity index (χ4n) is 0.876. The summed E-state index contributed by atoms with van der Waals surface area (Å²) in [6.45, 7) is 4.78. The zero-order chi connectivity index (χ0) is 7.66. The molecule has 62 valence electrons. The van der Waals surface area contributed by atoms with Gasteiger partial charge < -0.3 is 5.32 Å². The number of alkyl halides is 1. The van der Waals surface area contributed by atoms with Crippen LogP contribution >= 0.6 is 11.6 Å². The average molecular weight is 165 g/mol. The lowest BCUT2D eigenvalue weighted by molar-refractivity contribution is -0.655. The minimum atomic E-state index is 0.821. The Morgan fingerprint density at radius 2 is 1.80 bits per heavy atom. The highest BCUT2D eigenvalue weighted by atomic mass is 35.5. The van der Waals surface area contributed by atoms with E-state index in [1.54, 1.807) is 0 Å².